The molecule has 2 rings (SSSR count). The molecule has 2 atom stereocenters. The summed E-state index contributed by atoms with van der Waals surface area (Å²) in [5.41, 5.74) is 1.15. The lowest BCUT2D eigenvalue weighted by molar-refractivity contribution is 0.0339. The van der Waals surface area contributed by atoms with Crippen molar-refractivity contribution in [1.29, 1.82) is 0 Å². The van der Waals surface area contributed by atoms with Gasteiger partial charge in [-0.3, -0.25) is 0 Å². The van der Waals surface area contributed by atoms with Crippen LogP contribution in [0.25, 0.3) is 0 Å². The molecule has 1 fully saturated rings. The van der Waals surface area contributed by atoms with Gasteiger partial charge >= 0.3 is 0 Å². The van der Waals surface area contributed by atoms with E-state index in [4.69, 9.17) is 14.2 Å². The van der Waals surface area contributed by atoms with Crippen LogP contribution in [0.4, 0.5) is 0 Å². The molecule has 1 aromatic carbocycles. The van der Waals surface area contributed by atoms with Gasteiger partial charge in [0.25, 0.3) is 0 Å². The molecule has 1 aliphatic rings. The number of rotatable bonds is 4. The Hall–Kier alpha value is -0.580. The fraction of sp³-hybridized carbons (Fsp3) is 0.500. The number of ether oxygens (including phenoxy) is 3. The maximum absolute atomic E-state index is 5.76. The van der Waals surface area contributed by atoms with Crippen LogP contribution >= 0.6 is 15.9 Å². The van der Waals surface area contributed by atoms with Gasteiger partial charge in [0.1, 0.15) is 5.75 Å². The molecule has 0 aliphatic carbocycles. The summed E-state index contributed by atoms with van der Waals surface area (Å²) in [5, 5.41) is 0. The summed E-state index contributed by atoms with van der Waals surface area (Å²) in [6.45, 7) is 2.01. The zero-order chi connectivity index (χ0) is 11.4. The van der Waals surface area contributed by atoms with E-state index in [1.54, 1.807) is 7.11 Å². The predicted molar refractivity (Wildman–Crippen MR) is 65.1 cm³/mol. The van der Waals surface area contributed by atoms with Crippen LogP contribution in [-0.2, 0) is 16.1 Å². The zero-order valence-electron chi connectivity index (χ0n) is 9.19. The Kier molecular flexibility index (Phi) is 4.21. The second kappa shape index (κ2) is 5.66. The maximum Gasteiger partial charge on any atom is 0.118 e. The number of halogens is 1. The van der Waals surface area contributed by atoms with E-state index in [0.717, 1.165) is 17.9 Å². The largest absolute Gasteiger partial charge is 0.497 e. The number of hydrogen-bond donors (Lipinski definition) is 0. The molecular weight excluding hydrogens is 272 g/mol. The van der Waals surface area contributed by atoms with Crippen molar-refractivity contribution in [3.63, 3.8) is 0 Å². The van der Waals surface area contributed by atoms with Crippen LogP contribution < -0.4 is 4.74 Å². The van der Waals surface area contributed by atoms with Gasteiger partial charge in [0, 0.05) is 0 Å². The highest BCUT2D eigenvalue weighted by Crippen LogP contribution is 2.19. The van der Waals surface area contributed by atoms with E-state index in [2.05, 4.69) is 15.9 Å². The molecule has 16 heavy (non-hydrogen) atoms. The van der Waals surface area contributed by atoms with Crippen molar-refractivity contribution < 1.29 is 14.2 Å². The lowest BCUT2D eigenvalue weighted by Crippen LogP contribution is -2.21. The summed E-state index contributed by atoms with van der Waals surface area (Å²) in [7, 11) is 1.66. The van der Waals surface area contributed by atoms with Crippen molar-refractivity contribution in [3.8, 4) is 5.75 Å². The molecule has 0 amide bonds. The van der Waals surface area contributed by atoms with Gasteiger partial charge in [0.2, 0.25) is 0 Å². The van der Waals surface area contributed by atoms with Gasteiger partial charge in [0.05, 0.1) is 37.9 Å². The van der Waals surface area contributed by atoms with E-state index >= 15 is 0 Å². The monoisotopic (exact) mass is 286 g/mol. The third kappa shape index (κ3) is 2.97. The van der Waals surface area contributed by atoms with Gasteiger partial charge in [0.15, 0.2) is 0 Å². The van der Waals surface area contributed by atoms with Crippen molar-refractivity contribution in [2.75, 3.05) is 20.3 Å². The van der Waals surface area contributed by atoms with E-state index in [1.165, 1.54) is 0 Å². The van der Waals surface area contributed by atoms with Crippen LogP contribution in [-0.4, -0.2) is 31.3 Å². The minimum absolute atomic E-state index is 0.155. The highest BCUT2D eigenvalue weighted by atomic mass is 79.9. The first kappa shape index (κ1) is 11.9. The molecule has 1 saturated heterocycles. The van der Waals surface area contributed by atoms with E-state index in [-0.39, 0.29) is 6.10 Å². The standard InChI is InChI=1S/C12H15BrO3/c1-14-10-4-2-9(3-5-10)6-16-12-8-15-7-11(12)13/h2-5,11-12H,6-8H2,1H3. The minimum atomic E-state index is 0.155. The first-order valence-corrected chi connectivity index (χ1v) is 6.17. The summed E-state index contributed by atoms with van der Waals surface area (Å²) < 4.78 is 16.2. The molecule has 0 radical (unpaired) electrons. The highest BCUT2D eigenvalue weighted by Gasteiger charge is 2.26. The van der Waals surface area contributed by atoms with Gasteiger partial charge in [-0.25, -0.2) is 0 Å². The van der Waals surface area contributed by atoms with E-state index in [9.17, 15) is 0 Å². The Morgan fingerprint density at radius 3 is 2.62 bits per heavy atom. The lowest BCUT2D eigenvalue weighted by atomic mass is 10.2. The molecule has 4 heteroatoms. The topological polar surface area (TPSA) is 27.7 Å². The van der Waals surface area contributed by atoms with Gasteiger partial charge < -0.3 is 14.2 Å². The van der Waals surface area contributed by atoms with Crippen LogP contribution in [0.15, 0.2) is 24.3 Å². The molecule has 0 saturated carbocycles. The predicted octanol–water partition coefficient (Wildman–Crippen LogP) is 2.37. The van der Waals surface area contributed by atoms with E-state index < -0.39 is 0 Å². The third-order valence-corrected chi connectivity index (χ3v) is 3.44. The van der Waals surface area contributed by atoms with Crippen LogP contribution in [0, 0.1) is 0 Å². The SMILES string of the molecule is COc1ccc(COC2COCC2Br)cc1. The number of benzene rings is 1. The molecule has 1 aliphatic heterocycles. The van der Waals surface area contributed by atoms with Gasteiger partial charge in [-0.15, -0.1) is 0 Å². The molecule has 0 aromatic heterocycles. The summed E-state index contributed by atoms with van der Waals surface area (Å²) >= 11 is 3.53. The highest BCUT2D eigenvalue weighted by molar-refractivity contribution is 9.09. The molecule has 2 unspecified atom stereocenters. The molecule has 0 spiro atoms. The second-order valence-corrected chi connectivity index (χ2v) is 4.93. The normalized spacial score (nSPS) is 24.6. The number of methoxy groups -OCH3 is 1. The molecule has 0 N–H and O–H groups in total. The van der Waals surface area contributed by atoms with E-state index in [0.29, 0.717) is 18.0 Å². The van der Waals surface area contributed by atoms with Crippen LogP contribution in [0.5, 0.6) is 5.75 Å². The first-order valence-electron chi connectivity index (χ1n) is 5.26. The maximum atomic E-state index is 5.76. The zero-order valence-corrected chi connectivity index (χ0v) is 10.8. The van der Waals surface area contributed by atoms with Crippen LogP contribution in [0.1, 0.15) is 5.56 Å². The van der Waals surface area contributed by atoms with Crippen molar-refractivity contribution in [1.82, 2.24) is 0 Å². The fourth-order valence-corrected chi connectivity index (χ4v) is 2.08. The van der Waals surface area contributed by atoms with Crippen molar-refractivity contribution in [2.24, 2.45) is 0 Å². The van der Waals surface area contributed by atoms with Gasteiger partial charge in [-0.1, -0.05) is 28.1 Å². The lowest BCUT2D eigenvalue weighted by Gasteiger charge is -2.13. The molecule has 3 nitrogen and oxygen atoms in total. The quantitative estimate of drug-likeness (QED) is 0.796. The average molecular weight is 287 g/mol. The Morgan fingerprint density at radius 1 is 1.31 bits per heavy atom. The van der Waals surface area contributed by atoms with Crippen molar-refractivity contribution in [3.05, 3.63) is 29.8 Å². The number of alkyl halides is 1. The summed E-state index contributed by atoms with van der Waals surface area (Å²) in [4.78, 5) is 0.311. The first-order chi connectivity index (χ1) is 7.79. The Labute approximate surface area is 104 Å². The fourth-order valence-electron chi connectivity index (χ4n) is 1.59. The smallest absolute Gasteiger partial charge is 0.118 e. The molecule has 88 valence electrons. The summed E-state index contributed by atoms with van der Waals surface area (Å²) in [6, 6.07) is 7.90. The summed E-state index contributed by atoms with van der Waals surface area (Å²) in [5.74, 6) is 0.867. The van der Waals surface area contributed by atoms with Gasteiger partial charge in [-0.2, -0.15) is 0 Å². The summed E-state index contributed by atoms with van der Waals surface area (Å²) in [6.07, 6.45) is 0.155. The number of hydrogen-bond acceptors (Lipinski definition) is 3. The molecule has 1 aromatic rings. The average Bonchev–Trinajstić information content (AvgIpc) is 2.73. The van der Waals surface area contributed by atoms with Crippen LogP contribution in [0.3, 0.4) is 0 Å². The van der Waals surface area contributed by atoms with Gasteiger partial charge in [-0.05, 0) is 17.7 Å². The minimum Gasteiger partial charge on any atom is -0.497 e. The van der Waals surface area contributed by atoms with Crippen molar-refractivity contribution in [2.45, 2.75) is 17.5 Å². The third-order valence-electron chi connectivity index (χ3n) is 2.59. The molecular formula is C12H15BrO3. The van der Waals surface area contributed by atoms with E-state index in [1.807, 2.05) is 24.3 Å². The Bertz CT molecular complexity index is 326. The van der Waals surface area contributed by atoms with Crippen LogP contribution in [0.2, 0.25) is 0 Å². The van der Waals surface area contributed by atoms with Crippen molar-refractivity contribution >= 4 is 15.9 Å². The molecule has 1 heterocycles. The molecule has 0 bridgehead atoms. The second-order valence-electron chi connectivity index (χ2n) is 3.75. The Balaban J connectivity index is 1.84. The Morgan fingerprint density at radius 2 is 2.06 bits per heavy atom.